The Bertz CT molecular complexity index is 290. The van der Waals surface area contributed by atoms with Crippen molar-refractivity contribution in [2.45, 2.75) is 109 Å². The van der Waals surface area contributed by atoms with Crippen LogP contribution in [-0.2, 0) is 9.53 Å². The molecule has 3 heteroatoms. The highest BCUT2D eigenvalue weighted by molar-refractivity contribution is 5.92. The first kappa shape index (κ1) is 19.5. The lowest BCUT2D eigenvalue weighted by atomic mass is 10.0. The molecular weight excluding hydrogens is 276 g/mol. The van der Waals surface area contributed by atoms with Gasteiger partial charge in [-0.05, 0) is 6.42 Å². The molecule has 0 amide bonds. The van der Waals surface area contributed by atoms with E-state index in [0.29, 0.717) is 6.42 Å². The Morgan fingerprint density at radius 3 is 1.45 bits per heavy atom. The molecule has 1 heterocycles. The van der Waals surface area contributed by atoms with E-state index < -0.39 is 5.60 Å². The predicted octanol–water partition coefficient (Wildman–Crippen LogP) is 5.15. The summed E-state index contributed by atoms with van der Waals surface area (Å²) in [5.74, 6) is -0.218. The van der Waals surface area contributed by atoms with Crippen molar-refractivity contribution >= 4 is 5.97 Å². The number of cyclic esters (lactones) is 1. The average Bonchev–Trinajstić information content (AvgIpc) is 3.18. The zero-order valence-electron chi connectivity index (χ0n) is 14.6. The summed E-state index contributed by atoms with van der Waals surface area (Å²) >= 11 is 0. The second kappa shape index (κ2) is 11.9. The molecule has 22 heavy (non-hydrogen) atoms. The minimum atomic E-state index is -0.795. The van der Waals surface area contributed by atoms with Gasteiger partial charge in [0, 0.05) is 6.42 Å². The molecule has 1 N–H and O–H groups in total. The summed E-state index contributed by atoms with van der Waals surface area (Å²) in [5.41, 5.74) is -0.795. The number of aliphatic hydroxyl groups is 1. The Morgan fingerprint density at radius 1 is 0.773 bits per heavy atom. The fourth-order valence-corrected chi connectivity index (χ4v) is 3.09. The van der Waals surface area contributed by atoms with Crippen LogP contribution in [0.15, 0.2) is 0 Å². The second-order valence-corrected chi connectivity index (χ2v) is 6.89. The van der Waals surface area contributed by atoms with E-state index in [1.807, 2.05) is 0 Å². The Morgan fingerprint density at radius 2 is 1.14 bits per heavy atom. The number of carbonyl (C=O) groups is 1. The van der Waals surface area contributed by atoms with Crippen molar-refractivity contribution in [1.82, 2.24) is 0 Å². The SMILES string of the molecule is CCCCCCCCCCCCCCCC[C@]1(CO)OC1=O. The zero-order chi connectivity index (χ0) is 16.1. The lowest BCUT2D eigenvalue weighted by Gasteiger charge is -2.05. The van der Waals surface area contributed by atoms with Gasteiger partial charge in [0.15, 0.2) is 0 Å². The molecule has 1 atom stereocenters. The van der Waals surface area contributed by atoms with Crippen molar-refractivity contribution in [3.63, 3.8) is 0 Å². The van der Waals surface area contributed by atoms with Crippen LogP contribution in [-0.4, -0.2) is 23.3 Å². The topological polar surface area (TPSA) is 49.8 Å². The van der Waals surface area contributed by atoms with Crippen LogP contribution < -0.4 is 0 Å². The summed E-state index contributed by atoms with van der Waals surface area (Å²) in [6.45, 7) is 2.12. The zero-order valence-corrected chi connectivity index (χ0v) is 14.6. The van der Waals surface area contributed by atoms with Gasteiger partial charge in [0.2, 0.25) is 5.60 Å². The number of aliphatic hydroxyl groups excluding tert-OH is 1. The van der Waals surface area contributed by atoms with Crippen LogP contribution in [0.2, 0.25) is 0 Å². The molecule has 0 aliphatic carbocycles. The molecule has 0 aromatic carbocycles. The Kier molecular flexibility index (Phi) is 10.6. The third-order valence-corrected chi connectivity index (χ3v) is 4.81. The van der Waals surface area contributed by atoms with E-state index in [9.17, 15) is 4.79 Å². The predicted molar refractivity (Wildman–Crippen MR) is 90.8 cm³/mol. The molecule has 0 spiro atoms. The van der Waals surface area contributed by atoms with Gasteiger partial charge >= 0.3 is 5.97 Å². The van der Waals surface area contributed by atoms with E-state index in [-0.39, 0.29) is 12.6 Å². The highest BCUT2D eigenvalue weighted by Crippen LogP contribution is 2.34. The standard InChI is InChI=1S/C19H36O3/c1-2-3-4-5-6-7-8-9-10-11-12-13-14-15-16-19(17-20)18(21)22-19/h20H,2-17H2,1H3/t19-/m1/s1. The van der Waals surface area contributed by atoms with Crippen molar-refractivity contribution in [3.05, 3.63) is 0 Å². The van der Waals surface area contributed by atoms with Crippen LogP contribution in [0.4, 0.5) is 0 Å². The Labute approximate surface area is 136 Å². The lowest BCUT2D eigenvalue weighted by Crippen LogP contribution is -2.18. The smallest absolute Gasteiger partial charge is 0.354 e. The third-order valence-electron chi connectivity index (χ3n) is 4.81. The normalized spacial score (nSPS) is 20.2. The van der Waals surface area contributed by atoms with E-state index in [2.05, 4.69) is 6.92 Å². The van der Waals surface area contributed by atoms with Gasteiger partial charge in [0.05, 0.1) is 6.61 Å². The second-order valence-electron chi connectivity index (χ2n) is 6.89. The van der Waals surface area contributed by atoms with Gasteiger partial charge in [-0.15, -0.1) is 0 Å². The molecule has 0 aromatic rings. The quantitative estimate of drug-likeness (QED) is 0.317. The van der Waals surface area contributed by atoms with Gasteiger partial charge in [0.1, 0.15) is 0 Å². The van der Waals surface area contributed by atoms with Crippen LogP contribution in [0.1, 0.15) is 103 Å². The first-order valence-electron chi connectivity index (χ1n) is 9.59. The average molecular weight is 312 g/mol. The summed E-state index contributed by atoms with van der Waals surface area (Å²) in [4.78, 5) is 11.0. The maximum Gasteiger partial charge on any atom is 0.354 e. The van der Waals surface area contributed by atoms with Crippen molar-refractivity contribution in [2.24, 2.45) is 0 Å². The van der Waals surface area contributed by atoms with Gasteiger partial charge < -0.3 is 9.84 Å². The maximum atomic E-state index is 11.0. The molecule has 0 saturated carbocycles. The molecule has 0 bridgehead atoms. The number of unbranched alkanes of at least 4 members (excludes halogenated alkanes) is 13. The van der Waals surface area contributed by atoms with Crippen molar-refractivity contribution in [2.75, 3.05) is 6.61 Å². The summed E-state index contributed by atoms with van der Waals surface area (Å²) in [7, 11) is 0. The first-order chi connectivity index (χ1) is 10.7. The van der Waals surface area contributed by atoms with Crippen LogP contribution in [0.25, 0.3) is 0 Å². The third kappa shape index (κ3) is 8.17. The van der Waals surface area contributed by atoms with E-state index in [1.165, 1.54) is 77.0 Å². The summed E-state index contributed by atoms with van der Waals surface area (Å²) in [6, 6.07) is 0. The van der Waals surface area contributed by atoms with Crippen LogP contribution >= 0.6 is 0 Å². The number of rotatable bonds is 16. The molecule has 0 radical (unpaired) electrons. The molecule has 1 saturated heterocycles. The molecule has 1 fully saturated rings. The van der Waals surface area contributed by atoms with Crippen molar-refractivity contribution in [1.29, 1.82) is 0 Å². The first-order valence-corrected chi connectivity index (χ1v) is 9.59. The van der Waals surface area contributed by atoms with Crippen LogP contribution in [0.3, 0.4) is 0 Å². The van der Waals surface area contributed by atoms with Crippen molar-refractivity contribution < 1.29 is 14.6 Å². The van der Waals surface area contributed by atoms with E-state index >= 15 is 0 Å². The number of epoxide rings is 1. The number of hydrogen-bond donors (Lipinski definition) is 1. The van der Waals surface area contributed by atoms with Crippen LogP contribution in [0, 0.1) is 0 Å². The van der Waals surface area contributed by atoms with E-state index in [1.54, 1.807) is 0 Å². The summed E-state index contributed by atoms with van der Waals surface area (Å²) < 4.78 is 4.88. The van der Waals surface area contributed by atoms with Crippen molar-refractivity contribution in [3.8, 4) is 0 Å². The molecule has 3 nitrogen and oxygen atoms in total. The largest absolute Gasteiger partial charge is 0.441 e. The Balaban J connectivity index is 1.73. The molecule has 0 unspecified atom stereocenters. The van der Waals surface area contributed by atoms with Gasteiger partial charge in [0.25, 0.3) is 0 Å². The summed E-state index contributed by atoms with van der Waals surface area (Å²) in [6.07, 6.45) is 19.3. The van der Waals surface area contributed by atoms with Gasteiger partial charge in [-0.25, -0.2) is 4.79 Å². The molecule has 1 aliphatic rings. The minimum absolute atomic E-state index is 0.149. The highest BCUT2D eigenvalue weighted by atomic mass is 16.7. The fourth-order valence-electron chi connectivity index (χ4n) is 3.09. The molecule has 130 valence electrons. The fraction of sp³-hybridized carbons (Fsp3) is 0.947. The summed E-state index contributed by atoms with van der Waals surface area (Å²) in [5, 5.41) is 9.08. The Hall–Kier alpha value is -0.570. The van der Waals surface area contributed by atoms with Gasteiger partial charge in [-0.1, -0.05) is 90.4 Å². The molecular formula is C19H36O3. The minimum Gasteiger partial charge on any atom is -0.441 e. The molecule has 1 aliphatic heterocycles. The van der Waals surface area contributed by atoms with E-state index in [4.69, 9.17) is 9.84 Å². The van der Waals surface area contributed by atoms with Gasteiger partial charge in [-0.2, -0.15) is 0 Å². The molecule has 1 rings (SSSR count). The number of ether oxygens (including phenoxy) is 1. The lowest BCUT2D eigenvalue weighted by molar-refractivity contribution is -0.117. The monoisotopic (exact) mass is 312 g/mol. The number of hydrogen-bond acceptors (Lipinski definition) is 3. The maximum absolute atomic E-state index is 11.0. The number of carbonyl (C=O) groups excluding carboxylic acids is 1. The van der Waals surface area contributed by atoms with E-state index in [0.717, 1.165) is 12.8 Å². The van der Waals surface area contributed by atoms with Crippen LogP contribution in [0.5, 0.6) is 0 Å². The highest BCUT2D eigenvalue weighted by Gasteiger charge is 2.56. The molecule has 0 aromatic heterocycles. The van der Waals surface area contributed by atoms with Gasteiger partial charge in [-0.3, -0.25) is 0 Å².